The van der Waals surface area contributed by atoms with Crippen LogP contribution in [0.1, 0.15) is 61.5 Å². The first-order chi connectivity index (χ1) is 12.7. The lowest BCUT2D eigenvalue weighted by atomic mass is 10.1. The third-order valence-electron chi connectivity index (χ3n) is 5.15. The number of amides is 1. The summed E-state index contributed by atoms with van der Waals surface area (Å²) >= 11 is 1.53. The Morgan fingerprint density at radius 3 is 2.46 bits per heavy atom. The molecule has 6 heteroatoms. The molecule has 1 heterocycles. The Balaban J connectivity index is 1.34. The fourth-order valence-electron chi connectivity index (χ4n) is 3.16. The quantitative estimate of drug-likeness (QED) is 0.663. The predicted octanol–water partition coefficient (Wildman–Crippen LogP) is 3.80. The highest BCUT2D eigenvalue weighted by atomic mass is 32.2. The lowest BCUT2D eigenvalue weighted by molar-refractivity contribution is -0.127. The number of carbonyl (C=O) groups is 1. The first-order valence-electron chi connectivity index (χ1n) is 9.55. The second kappa shape index (κ2) is 7.43. The first kappa shape index (κ1) is 17.6. The van der Waals surface area contributed by atoms with Crippen LogP contribution in [0.2, 0.25) is 0 Å². The Bertz CT molecular complexity index is 778. The molecule has 0 bridgehead atoms. The van der Waals surface area contributed by atoms with Gasteiger partial charge in [-0.15, -0.1) is 10.2 Å². The highest BCUT2D eigenvalue weighted by molar-refractivity contribution is 7.99. The van der Waals surface area contributed by atoms with E-state index in [1.165, 1.54) is 48.6 Å². The lowest BCUT2D eigenvalue weighted by Crippen LogP contribution is -2.27. The SMILES string of the molecule is CCc1ccc(CN(C)C(=O)CSc2nnc(C3CC3)n2C2CC2)cc1. The van der Waals surface area contributed by atoms with Crippen molar-refractivity contribution in [1.82, 2.24) is 19.7 Å². The van der Waals surface area contributed by atoms with E-state index in [2.05, 4.69) is 46.0 Å². The van der Waals surface area contributed by atoms with Crippen molar-refractivity contribution in [2.45, 2.75) is 62.7 Å². The molecule has 0 spiro atoms. The molecular formula is C20H26N4OS. The average molecular weight is 371 g/mol. The van der Waals surface area contributed by atoms with Gasteiger partial charge in [-0.1, -0.05) is 43.0 Å². The van der Waals surface area contributed by atoms with Gasteiger partial charge in [-0.3, -0.25) is 4.79 Å². The summed E-state index contributed by atoms with van der Waals surface area (Å²) in [4.78, 5) is 14.3. The van der Waals surface area contributed by atoms with Crippen molar-refractivity contribution >= 4 is 17.7 Å². The summed E-state index contributed by atoms with van der Waals surface area (Å²) in [7, 11) is 1.87. The largest absolute Gasteiger partial charge is 0.341 e. The normalized spacial score (nSPS) is 16.7. The topological polar surface area (TPSA) is 51.0 Å². The standard InChI is InChI=1S/C20H26N4OS/c1-3-14-4-6-15(7-5-14)12-23(2)18(25)13-26-20-22-21-19(16-8-9-16)24(20)17-10-11-17/h4-7,16-17H,3,8-13H2,1-2H3. The summed E-state index contributed by atoms with van der Waals surface area (Å²) in [5.41, 5.74) is 2.49. The van der Waals surface area contributed by atoms with E-state index in [-0.39, 0.29) is 5.91 Å². The molecule has 0 saturated heterocycles. The molecule has 1 aromatic heterocycles. The van der Waals surface area contributed by atoms with Crippen molar-refractivity contribution < 1.29 is 4.79 Å². The molecule has 2 fully saturated rings. The molecule has 0 aliphatic heterocycles. The van der Waals surface area contributed by atoms with E-state index in [0.29, 0.717) is 24.3 Å². The Kier molecular flexibility index (Phi) is 5.02. The van der Waals surface area contributed by atoms with Crippen LogP contribution < -0.4 is 0 Å². The van der Waals surface area contributed by atoms with Crippen LogP contribution in [0, 0.1) is 0 Å². The summed E-state index contributed by atoms with van der Waals surface area (Å²) in [6.07, 6.45) is 5.93. The van der Waals surface area contributed by atoms with Crippen molar-refractivity contribution in [3.05, 3.63) is 41.2 Å². The molecule has 138 valence electrons. The van der Waals surface area contributed by atoms with Gasteiger partial charge in [0.15, 0.2) is 5.16 Å². The summed E-state index contributed by atoms with van der Waals surface area (Å²) in [6, 6.07) is 9.07. The van der Waals surface area contributed by atoms with E-state index in [1.807, 2.05) is 7.05 Å². The molecular weight excluding hydrogens is 344 g/mol. The van der Waals surface area contributed by atoms with Crippen molar-refractivity contribution in [3.63, 3.8) is 0 Å². The molecule has 4 rings (SSSR count). The minimum absolute atomic E-state index is 0.132. The highest BCUT2D eigenvalue weighted by Gasteiger charge is 2.36. The number of aryl methyl sites for hydroxylation is 1. The van der Waals surface area contributed by atoms with Crippen molar-refractivity contribution in [1.29, 1.82) is 0 Å². The fourth-order valence-corrected chi connectivity index (χ4v) is 4.11. The van der Waals surface area contributed by atoms with Crippen LogP contribution >= 0.6 is 11.8 Å². The molecule has 2 aliphatic rings. The zero-order valence-corrected chi connectivity index (χ0v) is 16.3. The van der Waals surface area contributed by atoms with Crippen LogP contribution in [0.25, 0.3) is 0 Å². The highest BCUT2D eigenvalue weighted by Crippen LogP contribution is 2.45. The molecule has 2 saturated carbocycles. The molecule has 1 amide bonds. The van der Waals surface area contributed by atoms with E-state index < -0.39 is 0 Å². The Morgan fingerprint density at radius 1 is 1.15 bits per heavy atom. The number of benzene rings is 1. The van der Waals surface area contributed by atoms with Gasteiger partial charge in [-0.05, 0) is 43.2 Å². The van der Waals surface area contributed by atoms with Crippen molar-refractivity contribution in [2.24, 2.45) is 0 Å². The van der Waals surface area contributed by atoms with Gasteiger partial charge >= 0.3 is 0 Å². The lowest BCUT2D eigenvalue weighted by Gasteiger charge is -2.17. The van der Waals surface area contributed by atoms with E-state index in [4.69, 9.17) is 0 Å². The van der Waals surface area contributed by atoms with Crippen LogP contribution in [0.15, 0.2) is 29.4 Å². The van der Waals surface area contributed by atoms with Gasteiger partial charge in [0.25, 0.3) is 0 Å². The van der Waals surface area contributed by atoms with Gasteiger partial charge in [0.05, 0.1) is 5.75 Å². The Hall–Kier alpha value is -1.82. The molecule has 26 heavy (non-hydrogen) atoms. The molecule has 0 atom stereocenters. The summed E-state index contributed by atoms with van der Waals surface area (Å²) < 4.78 is 2.30. The molecule has 0 N–H and O–H groups in total. The molecule has 5 nitrogen and oxygen atoms in total. The second-order valence-electron chi connectivity index (χ2n) is 7.42. The molecule has 0 radical (unpaired) electrons. The van der Waals surface area contributed by atoms with Crippen molar-refractivity contribution in [3.8, 4) is 0 Å². The number of aromatic nitrogens is 3. The van der Waals surface area contributed by atoms with Gasteiger partial charge in [0.2, 0.25) is 5.91 Å². The molecule has 2 aliphatic carbocycles. The maximum absolute atomic E-state index is 12.5. The van der Waals surface area contributed by atoms with Crippen LogP contribution in [0.4, 0.5) is 0 Å². The number of nitrogens with zero attached hydrogens (tertiary/aromatic N) is 4. The number of hydrogen-bond donors (Lipinski definition) is 0. The van der Waals surface area contributed by atoms with E-state index >= 15 is 0 Å². The predicted molar refractivity (Wildman–Crippen MR) is 103 cm³/mol. The number of rotatable bonds is 8. The third-order valence-corrected chi connectivity index (χ3v) is 6.07. The van der Waals surface area contributed by atoms with Gasteiger partial charge < -0.3 is 9.47 Å². The van der Waals surface area contributed by atoms with Gasteiger partial charge in [-0.2, -0.15) is 0 Å². The second-order valence-corrected chi connectivity index (χ2v) is 8.37. The summed E-state index contributed by atoms with van der Waals surface area (Å²) in [5.74, 6) is 2.29. The third kappa shape index (κ3) is 3.95. The smallest absolute Gasteiger partial charge is 0.233 e. The minimum Gasteiger partial charge on any atom is -0.341 e. The summed E-state index contributed by atoms with van der Waals surface area (Å²) in [5, 5.41) is 9.71. The fraction of sp³-hybridized carbons (Fsp3) is 0.550. The van der Waals surface area contributed by atoms with Crippen LogP contribution in [0.3, 0.4) is 0 Å². The van der Waals surface area contributed by atoms with Crippen LogP contribution in [-0.2, 0) is 17.8 Å². The summed E-state index contributed by atoms with van der Waals surface area (Å²) in [6.45, 7) is 2.79. The Morgan fingerprint density at radius 2 is 1.85 bits per heavy atom. The molecule has 1 aromatic carbocycles. The number of hydrogen-bond acceptors (Lipinski definition) is 4. The van der Waals surface area contributed by atoms with Crippen LogP contribution in [-0.4, -0.2) is 38.4 Å². The average Bonchev–Trinajstić information content (AvgIpc) is 3.59. The van der Waals surface area contributed by atoms with E-state index in [1.54, 1.807) is 4.90 Å². The van der Waals surface area contributed by atoms with Crippen LogP contribution in [0.5, 0.6) is 0 Å². The van der Waals surface area contributed by atoms with Gasteiger partial charge in [-0.25, -0.2) is 0 Å². The number of thioether (sulfide) groups is 1. The van der Waals surface area contributed by atoms with E-state index in [9.17, 15) is 4.79 Å². The van der Waals surface area contributed by atoms with E-state index in [0.717, 1.165) is 17.4 Å². The maximum atomic E-state index is 12.5. The number of carbonyl (C=O) groups excluding carboxylic acids is 1. The Labute approximate surface area is 159 Å². The molecule has 2 aromatic rings. The van der Waals surface area contributed by atoms with Crippen molar-refractivity contribution in [2.75, 3.05) is 12.8 Å². The maximum Gasteiger partial charge on any atom is 0.233 e. The zero-order chi connectivity index (χ0) is 18.1. The monoisotopic (exact) mass is 370 g/mol. The first-order valence-corrected chi connectivity index (χ1v) is 10.5. The minimum atomic E-state index is 0.132. The van der Waals surface area contributed by atoms with Gasteiger partial charge in [0.1, 0.15) is 5.82 Å². The zero-order valence-electron chi connectivity index (χ0n) is 15.5. The molecule has 0 unspecified atom stereocenters. The van der Waals surface area contributed by atoms with Gasteiger partial charge in [0, 0.05) is 25.6 Å².